The molecule has 9 heteroatoms. The predicted octanol–water partition coefficient (Wildman–Crippen LogP) is 1.84. The fraction of sp³-hybridized carbons (Fsp3) is 0.579. The van der Waals surface area contributed by atoms with E-state index in [0.717, 1.165) is 61.1 Å². The standard InChI is InChI=1S/C19H25N7O2/c1-12-7-14(15-16(22-12)21-11-20-15)17-23-24-18(25(17)3)26-8-13(2)28-19(9-26)5-4-6-27-10-19/h7,11,13H,4-6,8-10H2,1-3H3,(H,20,21,22). The van der Waals surface area contributed by atoms with Gasteiger partial charge in [0.1, 0.15) is 5.60 Å². The zero-order chi connectivity index (χ0) is 19.3. The van der Waals surface area contributed by atoms with Crippen LogP contribution >= 0.6 is 0 Å². The topological polar surface area (TPSA) is 94.0 Å². The van der Waals surface area contributed by atoms with E-state index in [-0.39, 0.29) is 11.7 Å². The highest BCUT2D eigenvalue weighted by atomic mass is 16.6. The zero-order valence-corrected chi connectivity index (χ0v) is 16.5. The molecule has 5 heterocycles. The number of anilines is 1. The van der Waals surface area contributed by atoms with Crippen molar-refractivity contribution in [3.8, 4) is 11.4 Å². The van der Waals surface area contributed by atoms with Gasteiger partial charge in [-0.2, -0.15) is 0 Å². The van der Waals surface area contributed by atoms with Crippen LogP contribution in [-0.4, -0.2) is 67.7 Å². The van der Waals surface area contributed by atoms with Crippen LogP contribution in [-0.2, 0) is 16.5 Å². The number of morpholine rings is 1. The number of nitrogens with one attached hydrogen (secondary N) is 1. The summed E-state index contributed by atoms with van der Waals surface area (Å²) < 4.78 is 14.1. The number of fused-ring (bicyclic) bond motifs is 1. The van der Waals surface area contributed by atoms with Gasteiger partial charge in [-0.25, -0.2) is 9.97 Å². The Morgan fingerprint density at radius 2 is 2.21 bits per heavy atom. The molecule has 0 radical (unpaired) electrons. The molecule has 0 amide bonds. The summed E-state index contributed by atoms with van der Waals surface area (Å²) in [5, 5.41) is 9.05. The Labute approximate surface area is 163 Å². The minimum absolute atomic E-state index is 0.109. The second kappa shape index (κ2) is 6.52. The van der Waals surface area contributed by atoms with Crippen LogP contribution in [0.15, 0.2) is 12.4 Å². The number of aromatic nitrogens is 6. The lowest BCUT2D eigenvalue weighted by molar-refractivity contribution is -0.161. The maximum atomic E-state index is 6.32. The number of pyridine rings is 1. The lowest BCUT2D eigenvalue weighted by atomic mass is 9.93. The highest BCUT2D eigenvalue weighted by Crippen LogP contribution is 2.33. The molecule has 1 N–H and O–H groups in total. The van der Waals surface area contributed by atoms with Crippen molar-refractivity contribution in [3.05, 3.63) is 18.1 Å². The van der Waals surface area contributed by atoms with Crippen LogP contribution in [0.5, 0.6) is 0 Å². The predicted molar refractivity (Wildman–Crippen MR) is 104 cm³/mol. The van der Waals surface area contributed by atoms with Crippen LogP contribution in [0.2, 0.25) is 0 Å². The van der Waals surface area contributed by atoms with E-state index < -0.39 is 0 Å². The van der Waals surface area contributed by atoms with Crippen molar-refractivity contribution in [2.45, 2.75) is 38.4 Å². The Hall–Kier alpha value is -2.52. The normalized spacial score (nSPS) is 25.7. The first-order valence-corrected chi connectivity index (χ1v) is 9.76. The number of imidazole rings is 1. The van der Waals surface area contributed by atoms with Crippen molar-refractivity contribution in [2.24, 2.45) is 7.05 Å². The van der Waals surface area contributed by atoms with E-state index in [2.05, 4.69) is 37.0 Å². The molecule has 2 unspecified atom stereocenters. The molecule has 148 valence electrons. The number of H-pyrrole nitrogens is 1. The first kappa shape index (κ1) is 17.6. The van der Waals surface area contributed by atoms with Crippen molar-refractivity contribution in [1.29, 1.82) is 0 Å². The summed E-state index contributed by atoms with van der Waals surface area (Å²) in [4.78, 5) is 14.2. The van der Waals surface area contributed by atoms with Crippen molar-refractivity contribution in [1.82, 2.24) is 29.7 Å². The Kier molecular flexibility index (Phi) is 4.09. The number of aryl methyl sites for hydroxylation is 1. The second-order valence-corrected chi connectivity index (χ2v) is 7.94. The number of nitrogens with zero attached hydrogens (tertiary/aromatic N) is 6. The maximum Gasteiger partial charge on any atom is 0.227 e. The third-order valence-electron chi connectivity index (χ3n) is 5.59. The van der Waals surface area contributed by atoms with E-state index in [4.69, 9.17) is 9.47 Å². The Bertz CT molecular complexity index is 1010. The highest BCUT2D eigenvalue weighted by Gasteiger charge is 2.42. The van der Waals surface area contributed by atoms with E-state index in [1.165, 1.54) is 0 Å². The molecule has 0 saturated carbocycles. The van der Waals surface area contributed by atoms with Crippen molar-refractivity contribution in [3.63, 3.8) is 0 Å². The fourth-order valence-electron chi connectivity index (χ4n) is 4.48. The first-order chi connectivity index (χ1) is 13.5. The summed E-state index contributed by atoms with van der Waals surface area (Å²) in [5.74, 6) is 1.64. The van der Waals surface area contributed by atoms with Crippen LogP contribution in [0.1, 0.15) is 25.5 Å². The van der Waals surface area contributed by atoms with Crippen molar-refractivity contribution in [2.75, 3.05) is 31.2 Å². The van der Waals surface area contributed by atoms with E-state index in [1.807, 2.05) is 24.6 Å². The van der Waals surface area contributed by atoms with Gasteiger partial charge in [0, 0.05) is 31.5 Å². The molecule has 5 rings (SSSR count). The molecule has 2 saturated heterocycles. The molecule has 9 nitrogen and oxygen atoms in total. The summed E-state index contributed by atoms with van der Waals surface area (Å²) in [6.07, 6.45) is 3.81. The minimum Gasteiger partial charge on any atom is -0.378 e. The smallest absolute Gasteiger partial charge is 0.227 e. The quantitative estimate of drug-likeness (QED) is 0.721. The number of ether oxygens (including phenoxy) is 2. The molecular weight excluding hydrogens is 358 g/mol. The van der Waals surface area contributed by atoms with Gasteiger partial charge < -0.3 is 19.4 Å². The van der Waals surface area contributed by atoms with Gasteiger partial charge in [0.25, 0.3) is 0 Å². The summed E-state index contributed by atoms with van der Waals surface area (Å²) in [5.41, 5.74) is 3.17. The number of rotatable bonds is 2. The Morgan fingerprint density at radius 3 is 3.04 bits per heavy atom. The summed E-state index contributed by atoms with van der Waals surface area (Å²) in [7, 11) is 2.01. The number of aromatic amines is 1. The largest absolute Gasteiger partial charge is 0.378 e. The lowest BCUT2D eigenvalue weighted by Gasteiger charge is -2.47. The molecule has 3 aromatic heterocycles. The number of hydrogen-bond acceptors (Lipinski definition) is 7. The van der Waals surface area contributed by atoms with Crippen molar-refractivity contribution >= 4 is 17.1 Å². The van der Waals surface area contributed by atoms with Gasteiger partial charge >= 0.3 is 0 Å². The SMILES string of the molecule is Cc1cc(-c2nnc(N3CC(C)OC4(CCCOC4)C3)n2C)c2[nH]cnc2n1. The molecular formula is C19H25N7O2. The summed E-state index contributed by atoms with van der Waals surface area (Å²) in [6, 6.07) is 2.02. The molecule has 28 heavy (non-hydrogen) atoms. The fourth-order valence-corrected chi connectivity index (χ4v) is 4.48. The average Bonchev–Trinajstić information content (AvgIpc) is 3.27. The van der Waals surface area contributed by atoms with Crippen LogP contribution in [0.4, 0.5) is 5.95 Å². The van der Waals surface area contributed by atoms with E-state index >= 15 is 0 Å². The van der Waals surface area contributed by atoms with Gasteiger partial charge in [0.15, 0.2) is 11.5 Å². The molecule has 0 bridgehead atoms. The second-order valence-electron chi connectivity index (χ2n) is 7.94. The average molecular weight is 383 g/mol. The summed E-state index contributed by atoms with van der Waals surface area (Å²) in [6.45, 7) is 7.07. The van der Waals surface area contributed by atoms with Gasteiger partial charge in [-0.15, -0.1) is 10.2 Å². The molecule has 3 aromatic rings. The Morgan fingerprint density at radius 1 is 1.32 bits per heavy atom. The van der Waals surface area contributed by atoms with E-state index in [0.29, 0.717) is 12.3 Å². The minimum atomic E-state index is -0.258. The van der Waals surface area contributed by atoms with Gasteiger partial charge in [0.05, 0.1) is 31.1 Å². The van der Waals surface area contributed by atoms with Gasteiger partial charge in [-0.05, 0) is 32.8 Å². The van der Waals surface area contributed by atoms with Crippen LogP contribution in [0.25, 0.3) is 22.6 Å². The zero-order valence-electron chi connectivity index (χ0n) is 16.5. The third-order valence-corrected chi connectivity index (χ3v) is 5.59. The lowest BCUT2D eigenvalue weighted by Crippen LogP contribution is -2.59. The van der Waals surface area contributed by atoms with Crippen LogP contribution in [0, 0.1) is 6.92 Å². The Balaban J connectivity index is 1.52. The monoisotopic (exact) mass is 383 g/mol. The highest BCUT2D eigenvalue weighted by molar-refractivity contribution is 5.87. The van der Waals surface area contributed by atoms with E-state index in [9.17, 15) is 0 Å². The van der Waals surface area contributed by atoms with Crippen LogP contribution in [0.3, 0.4) is 0 Å². The summed E-state index contributed by atoms with van der Waals surface area (Å²) >= 11 is 0. The molecule has 2 aliphatic rings. The molecule has 2 aliphatic heterocycles. The van der Waals surface area contributed by atoms with Gasteiger partial charge in [-0.3, -0.25) is 4.57 Å². The molecule has 2 fully saturated rings. The van der Waals surface area contributed by atoms with E-state index in [1.54, 1.807) is 6.33 Å². The number of hydrogen-bond donors (Lipinski definition) is 1. The van der Waals surface area contributed by atoms with Crippen molar-refractivity contribution < 1.29 is 9.47 Å². The van der Waals surface area contributed by atoms with Crippen LogP contribution < -0.4 is 4.90 Å². The first-order valence-electron chi connectivity index (χ1n) is 9.76. The molecule has 0 aromatic carbocycles. The maximum absolute atomic E-state index is 6.32. The third kappa shape index (κ3) is 2.85. The molecule has 2 atom stereocenters. The molecule has 0 aliphatic carbocycles. The molecule has 1 spiro atoms. The van der Waals surface area contributed by atoms with Gasteiger partial charge in [-0.1, -0.05) is 0 Å². The van der Waals surface area contributed by atoms with Gasteiger partial charge in [0.2, 0.25) is 5.95 Å².